The summed E-state index contributed by atoms with van der Waals surface area (Å²) < 4.78 is 15.3. The number of aryl methyl sites for hydroxylation is 1. The third-order valence-corrected chi connectivity index (χ3v) is 3.89. The van der Waals surface area contributed by atoms with Crippen molar-refractivity contribution in [3.8, 4) is 11.5 Å². The van der Waals surface area contributed by atoms with E-state index in [9.17, 15) is 9.59 Å². The second-order valence-corrected chi connectivity index (χ2v) is 5.99. The van der Waals surface area contributed by atoms with E-state index in [2.05, 4.69) is 5.32 Å². The number of carbonyl (C=O) groups excluding carboxylic acids is 2. The van der Waals surface area contributed by atoms with Gasteiger partial charge in [-0.3, -0.25) is 4.79 Å². The molecule has 0 saturated heterocycles. The van der Waals surface area contributed by atoms with E-state index in [4.69, 9.17) is 25.8 Å². The molecular formula is C20H20ClNO5. The van der Waals surface area contributed by atoms with Crippen LogP contribution in [0.1, 0.15) is 11.1 Å². The van der Waals surface area contributed by atoms with Crippen molar-refractivity contribution in [3.63, 3.8) is 0 Å². The molecule has 0 radical (unpaired) electrons. The van der Waals surface area contributed by atoms with Crippen molar-refractivity contribution in [1.82, 2.24) is 0 Å². The first-order valence-corrected chi connectivity index (χ1v) is 8.43. The smallest absolute Gasteiger partial charge is 0.331 e. The summed E-state index contributed by atoms with van der Waals surface area (Å²) in [5.41, 5.74) is 2.10. The molecule has 142 valence electrons. The number of halogens is 1. The second kappa shape index (κ2) is 9.64. The number of rotatable bonds is 7. The van der Waals surface area contributed by atoms with Crippen LogP contribution < -0.4 is 14.8 Å². The Morgan fingerprint density at radius 2 is 1.89 bits per heavy atom. The fourth-order valence-corrected chi connectivity index (χ4v) is 2.39. The number of benzene rings is 2. The Balaban J connectivity index is 1.91. The second-order valence-electron chi connectivity index (χ2n) is 5.56. The van der Waals surface area contributed by atoms with Crippen molar-refractivity contribution in [1.29, 1.82) is 0 Å². The van der Waals surface area contributed by atoms with Crippen molar-refractivity contribution >= 4 is 35.2 Å². The molecule has 0 aliphatic carbocycles. The molecule has 0 aromatic heterocycles. The summed E-state index contributed by atoms with van der Waals surface area (Å²) in [7, 11) is 3.07. The van der Waals surface area contributed by atoms with Crippen LogP contribution >= 0.6 is 11.6 Å². The maximum absolute atomic E-state index is 11.9. The first-order chi connectivity index (χ1) is 12.9. The van der Waals surface area contributed by atoms with Crippen LogP contribution in [0.5, 0.6) is 11.5 Å². The molecule has 0 fully saturated rings. The highest BCUT2D eigenvalue weighted by Crippen LogP contribution is 2.25. The van der Waals surface area contributed by atoms with Crippen molar-refractivity contribution in [2.75, 3.05) is 26.1 Å². The van der Waals surface area contributed by atoms with Crippen LogP contribution in [-0.2, 0) is 14.3 Å². The molecule has 0 aliphatic heterocycles. The lowest BCUT2D eigenvalue weighted by Crippen LogP contribution is -2.20. The van der Waals surface area contributed by atoms with E-state index in [-0.39, 0.29) is 0 Å². The number of methoxy groups -OCH3 is 2. The molecule has 0 spiro atoms. The van der Waals surface area contributed by atoms with Crippen LogP contribution in [0, 0.1) is 6.92 Å². The van der Waals surface area contributed by atoms with Crippen LogP contribution in [0.4, 0.5) is 5.69 Å². The predicted octanol–water partition coefficient (Wildman–Crippen LogP) is 3.86. The van der Waals surface area contributed by atoms with Gasteiger partial charge in [0.25, 0.3) is 5.91 Å². The van der Waals surface area contributed by atoms with Gasteiger partial charge in [0.05, 0.1) is 14.2 Å². The summed E-state index contributed by atoms with van der Waals surface area (Å²) in [6, 6.07) is 10.3. The molecule has 0 bridgehead atoms. The first-order valence-electron chi connectivity index (χ1n) is 8.06. The van der Waals surface area contributed by atoms with Crippen LogP contribution in [-0.4, -0.2) is 32.7 Å². The minimum atomic E-state index is -0.647. The summed E-state index contributed by atoms with van der Waals surface area (Å²) in [4.78, 5) is 23.8. The Bertz CT molecular complexity index is 863. The van der Waals surface area contributed by atoms with E-state index in [1.807, 2.05) is 6.92 Å². The van der Waals surface area contributed by atoms with Crippen molar-refractivity contribution in [3.05, 3.63) is 58.6 Å². The van der Waals surface area contributed by atoms with E-state index < -0.39 is 18.5 Å². The molecular weight excluding hydrogens is 370 g/mol. The van der Waals surface area contributed by atoms with Gasteiger partial charge in [0.15, 0.2) is 6.61 Å². The fraction of sp³-hybridized carbons (Fsp3) is 0.200. The third kappa shape index (κ3) is 6.04. The number of nitrogens with one attached hydrogen (secondary N) is 1. The van der Waals surface area contributed by atoms with Gasteiger partial charge in [0.2, 0.25) is 0 Å². The number of hydrogen-bond donors (Lipinski definition) is 1. The van der Waals surface area contributed by atoms with Gasteiger partial charge in [-0.05, 0) is 42.8 Å². The molecule has 0 atom stereocenters. The summed E-state index contributed by atoms with van der Waals surface area (Å²) in [6.07, 6.45) is 2.77. The van der Waals surface area contributed by atoms with E-state index >= 15 is 0 Å². The van der Waals surface area contributed by atoms with Crippen LogP contribution in [0.3, 0.4) is 0 Å². The zero-order chi connectivity index (χ0) is 19.8. The van der Waals surface area contributed by atoms with Gasteiger partial charge in [-0.1, -0.05) is 17.7 Å². The number of hydrogen-bond acceptors (Lipinski definition) is 5. The first kappa shape index (κ1) is 20.3. The predicted molar refractivity (Wildman–Crippen MR) is 104 cm³/mol. The Hall–Kier alpha value is -2.99. The molecule has 2 aromatic rings. The highest BCUT2D eigenvalue weighted by atomic mass is 35.5. The third-order valence-electron chi connectivity index (χ3n) is 3.66. The van der Waals surface area contributed by atoms with E-state index in [1.165, 1.54) is 13.2 Å². The number of ether oxygens (including phenoxy) is 3. The van der Waals surface area contributed by atoms with Gasteiger partial charge in [-0.15, -0.1) is 0 Å². The summed E-state index contributed by atoms with van der Waals surface area (Å²) >= 11 is 5.91. The SMILES string of the molecule is COc1ccc(/C=C/C(=O)OCC(=O)Nc2cc(Cl)ccc2C)c(OC)c1. The largest absolute Gasteiger partial charge is 0.497 e. The van der Waals surface area contributed by atoms with Gasteiger partial charge in [-0.25, -0.2) is 4.79 Å². The van der Waals surface area contributed by atoms with Crippen molar-refractivity contribution < 1.29 is 23.8 Å². The Morgan fingerprint density at radius 3 is 2.59 bits per heavy atom. The van der Waals surface area contributed by atoms with Gasteiger partial charge < -0.3 is 19.5 Å². The zero-order valence-electron chi connectivity index (χ0n) is 15.2. The Labute approximate surface area is 162 Å². The quantitative estimate of drug-likeness (QED) is 0.575. The van der Waals surface area contributed by atoms with Gasteiger partial charge in [0, 0.05) is 28.4 Å². The van der Waals surface area contributed by atoms with Crippen LogP contribution in [0.25, 0.3) is 6.08 Å². The Kier molecular flexibility index (Phi) is 7.25. The van der Waals surface area contributed by atoms with E-state index in [0.717, 1.165) is 5.56 Å². The van der Waals surface area contributed by atoms with Gasteiger partial charge in [-0.2, -0.15) is 0 Å². The molecule has 0 heterocycles. The van der Waals surface area contributed by atoms with E-state index in [0.29, 0.717) is 27.8 Å². The number of amides is 1. The van der Waals surface area contributed by atoms with E-state index in [1.54, 1.807) is 49.6 Å². The molecule has 27 heavy (non-hydrogen) atoms. The zero-order valence-corrected chi connectivity index (χ0v) is 16.0. The lowest BCUT2D eigenvalue weighted by atomic mass is 10.2. The maximum Gasteiger partial charge on any atom is 0.331 e. The normalized spacial score (nSPS) is 10.5. The molecule has 7 heteroatoms. The topological polar surface area (TPSA) is 73.9 Å². The van der Waals surface area contributed by atoms with Crippen LogP contribution in [0.2, 0.25) is 5.02 Å². The standard InChI is InChI=1S/C20H20ClNO5/c1-13-4-7-15(21)10-17(13)22-19(23)12-27-20(24)9-6-14-5-8-16(25-2)11-18(14)26-3/h4-11H,12H2,1-3H3,(H,22,23)/b9-6+. The molecule has 0 saturated carbocycles. The minimum absolute atomic E-state index is 0.408. The minimum Gasteiger partial charge on any atom is -0.497 e. The molecule has 1 N–H and O–H groups in total. The summed E-state index contributed by atoms with van der Waals surface area (Å²) in [6.45, 7) is 1.43. The van der Waals surface area contributed by atoms with Gasteiger partial charge in [0.1, 0.15) is 11.5 Å². The highest BCUT2D eigenvalue weighted by Gasteiger charge is 2.08. The lowest BCUT2D eigenvalue weighted by molar-refractivity contribution is -0.142. The molecule has 2 aromatic carbocycles. The number of carbonyl (C=O) groups is 2. The monoisotopic (exact) mass is 389 g/mol. The molecule has 0 aliphatic rings. The fourth-order valence-electron chi connectivity index (χ4n) is 2.21. The van der Waals surface area contributed by atoms with Crippen molar-refractivity contribution in [2.45, 2.75) is 6.92 Å². The highest BCUT2D eigenvalue weighted by molar-refractivity contribution is 6.31. The average molecular weight is 390 g/mol. The molecule has 6 nitrogen and oxygen atoms in total. The number of anilines is 1. The summed E-state index contributed by atoms with van der Waals surface area (Å²) in [5.74, 6) is 0.0853. The number of esters is 1. The lowest BCUT2D eigenvalue weighted by Gasteiger charge is -2.09. The maximum atomic E-state index is 11.9. The molecule has 1 amide bonds. The molecule has 0 unspecified atom stereocenters. The average Bonchev–Trinajstić information content (AvgIpc) is 2.67. The van der Waals surface area contributed by atoms with Crippen molar-refractivity contribution in [2.24, 2.45) is 0 Å². The van der Waals surface area contributed by atoms with Crippen LogP contribution in [0.15, 0.2) is 42.5 Å². The Morgan fingerprint density at radius 1 is 1.11 bits per heavy atom. The summed E-state index contributed by atoms with van der Waals surface area (Å²) in [5, 5.41) is 3.16. The van der Waals surface area contributed by atoms with Gasteiger partial charge >= 0.3 is 5.97 Å². The molecule has 2 rings (SSSR count).